The molecule has 0 N–H and O–H groups in total. The van der Waals surface area contributed by atoms with Crippen LogP contribution in [0.5, 0.6) is 0 Å². The molecule has 0 atom stereocenters. The largest absolute Gasteiger partial charge is 0.494 e. The summed E-state index contributed by atoms with van der Waals surface area (Å²) in [5.41, 5.74) is 9.41. The number of ether oxygens (including phenoxy) is 8. The predicted molar refractivity (Wildman–Crippen MR) is 323 cm³/mol. The Balaban J connectivity index is 0.786. The van der Waals surface area contributed by atoms with E-state index in [0.29, 0.717) is 0 Å². The Labute approximate surface area is 488 Å². The van der Waals surface area contributed by atoms with Gasteiger partial charge in [-0.1, -0.05) is 146 Å². The first kappa shape index (κ1) is 60.1. The maximum absolute atomic E-state index is 6.65. The summed E-state index contributed by atoms with van der Waals surface area (Å²) in [7, 11) is 5.82. The quantitative estimate of drug-likeness (QED) is 0.0505. The zero-order chi connectivity index (χ0) is 58.0. The minimum atomic E-state index is -0.553. The lowest BCUT2D eigenvalue weighted by molar-refractivity contribution is -0.203. The predicted octanol–water partition coefficient (Wildman–Crippen LogP) is 13.1. The van der Waals surface area contributed by atoms with Gasteiger partial charge in [0, 0.05) is 28.4 Å². The van der Waals surface area contributed by atoms with Gasteiger partial charge in [0.1, 0.15) is 27.2 Å². The van der Waals surface area contributed by atoms with Crippen molar-refractivity contribution < 1.29 is 56.5 Å². The summed E-state index contributed by atoms with van der Waals surface area (Å²) in [6.07, 6.45) is 5.86. The molecule has 4 aliphatic rings. The lowest BCUT2D eigenvalue weighted by Gasteiger charge is -2.46. The van der Waals surface area contributed by atoms with E-state index < -0.39 is 59.0 Å². The van der Waals surface area contributed by atoms with Gasteiger partial charge in [-0.2, -0.15) is 0 Å². The number of rotatable bonds is 21. The van der Waals surface area contributed by atoms with Crippen molar-refractivity contribution in [2.75, 3.05) is 55.6 Å². The number of hydrogen-bond donors (Lipinski definition) is 0. The summed E-state index contributed by atoms with van der Waals surface area (Å²) in [6.45, 7) is 17.4. The maximum atomic E-state index is 6.65. The van der Waals surface area contributed by atoms with Crippen LogP contribution in [-0.2, 0) is 78.9 Å². The third-order valence-corrected chi connectivity index (χ3v) is 19.1. The summed E-state index contributed by atoms with van der Waals surface area (Å²) in [5, 5.41) is 0. The van der Waals surface area contributed by atoms with Gasteiger partial charge in [0.25, 0.3) is 0 Å². The molecule has 0 amide bonds. The van der Waals surface area contributed by atoms with Gasteiger partial charge in [0.2, 0.25) is 0 Å². The van der Waals surface area contributed by atoms with Crippen molar-refractivity contribution >= 4 is 25.2 Å². The molecule has 0 unspecified atom stereocenters. The minimum absolute atomic E-state index is 0.187. The molecule has 2 saturated carbocycles. The molecule has 2 heterocycles. The summed E-state index contributed by atoms with van der Waals surface area (Å²) in [6, 6.07) is 52.3. The van der Waals surface area contributed by atoms with Crippen molar-refractivity contribution in [2.45, 2.75) is 152 Å². The fourth-order valence-corrected chi connectivity index (χ4v) is 12.4. The molecule has 0 aromatic heterocycles. The summed E-state index contributed by atoms with van der Waals surface area (Å²) in [5.74, 6) is 0. The molecule has 4 fully saturated rings. The average Bonchev–Trinajstić information content (AvgIpc) is 3.10. The molecule has 6 aromatic rings. The second-order valence-electron chi connectivity index (χ2n) is 24.9. The third-order valence-electron chi connectivity index (χ3n) is 19.1. The molecular weight excluding hydrogens is 1030 g/mol. The Hall–Kier alpha value is -5.03. The van der Waals surface area contributed by atoms with Gasteiger partial charge in [-0.15, -0.1) is 0 Å². The molecule has 0 bridgehead atoms. The molecule has 6 aromatic carbocycles. The van der Waals surface area contributed by atoms with Crippen LogP contribution in [0.4, 0.5) is 0 Å². The first-order valence-corrected chi connectivity index (χ1v) is 29.1. The van der Waals surface area contributed by atoms with Crippen LogP contribution in [0.25, 0.3) is 33.4 Å². The Bertz CT molecular complexity index is 2790. The molecule has 0 spiro atoms. The topological polar surface area (TPSA) is 111 Å². The summed E-state index contributed by atoms with van der Waals surface area (Å²) < 4.78 is 73.9. The summed E-state index contributed by atoms with van der Waals surface area (Å²) in [4.78, 5) is 0. The zero-order valence-corrected chi connectivity index (χ0v) is 50.4. The maximum Gasteiger partial charge on any atom is 0.494 e. The highest BCUT2D eigenvalue weighted by Crippen LogP contribution is 2.52. The Kier molecular flexibility index (Phi) is 17.7. The van der Waals surface area contributed by atoms with Crippen LogP contribution in [0.2, 0.25) is 0 Å². The van der Waals surface area contributed by atoms with Crippen LogP contribution in [0.15, 0.2) is 146 Å². The number of methoxy groups -OCH3 is 4. The molecule has 0 radical (unpaired) electrons. The molecule has 82 heavy (non-hydrogen) atoms. The van der Waals surface area contributed by atoms with Crippen LogP contribution in [0, 0.1) is 0 Å². The lowest BCUT2D eigenvalue weighted by Crippen LogP contribution is -2.43. The van der Waals surface area contributed by atoms with Crippen LogP contribution in [0.3, 0.4) is 0 Å². The van der Waals surface area contributed by atoms with Crippen molar-refractivity contribution in [3.05, 3.63) is 168 Å². The van der Waals surface area contributed by atoms with Crippen LogP contribution in [0.1, 0.15) is 129 Å². The second kappa shape index (κ2) is 24.1. The molecule has 14 heteroatoms. The van der Waals surface area contributed by atoms with Crippen LogP contribution < -0.4 is 10.9 Å². The third kappa shape index (κ3) is 12.0. The fourth-order valence-electron chi connectivity index (χ4n) is 12.4. The van der Waals surface area contributed by atoms with E-state index in [-0.39, 0.29) is 27.2 Å². The van der Waals surface area contributed by atoms with E-state index in [4.69, 9.17) is 56.5 Å². The van der Waals surface area contributed by atoms with Gasteiger partial charge in [-0.25, -0.2) is 0 Å². The van der Waals surface area contributed by atoms with Gasteiger partial charge < -0.3 is 56.5 Å². The number of benzene rings is 6. The van der Waals surface area contributed by atoms with E-state index >= 15 is 0 Å². The van der Waals surface area contributed by atoms with E-state index in [0.717, 1.165) is 118 Å². The average molecular weight is 1120 g/mol. The van der Waals surface area contributed by atoms with Crippen molar-refractivity contribution in [1.29, 1.82) is 0 Å². The first-order valence-electron chi connectivity index (χ1n) is 29.1. The van der Waals surface area contributed by atoms with E-state index in [9.17, 15) is 0 Å². The first-order chi connectivity index (χ1) is 39.2. The lowest BCUT2D eigenvalue weighted by atomic mass is 9.69. The highest BCUT2D eigenvalue weighted by atomic mass is 16.7. The molecule has 434 valence electrons. The minimum Gasteiger partial charge on any atom is -0.399 e. The molecule has 2 aliphatic heterocycles. The Morgan fingerprint density at radius 2 is 0.451 bits per heavy atom. The fraction of sp³-hybridized carbons (Fsp3) is 0.471. The Morgan fingerprint density at radius 1 is 0.280 bits per heavy atom. The smallest absolute Gasteiger partial charge is 0.399 e. The molecule has 12 nitrogen and oxygen atoms in total. The second-order valence-corrected chi connectivity index (χ2v) is 24.9. The van der Waals surface area contributed by atoms with Gasteiger partial charge in [-0.3, -0.25) is 0 Å². The van der Waals surface area contributed by atoms with E-state index in [2.05, 4.69) is 201 Å². The van der Waals surface area contributed by atoms with Crippen LogP contribution in [-0.4, -0.2) is 92.3 Å². The molecule has 2 aliphatic carbocycles. The van der Waals surface area contributed by atoms with E-state index in [1.807, 2.05) is 0 Å². The van der Waals surface area contributed by atoms with E-state index in [1.54, 1.807) is 28.4 Å². The summed E-state index contributed by atoms with van der Waals surface area (Å²) >= 11 is 0. The number of hydrogen-bond acceptors (Lipinski definition) is 12. The van der Waals surface area contributed by atoms with Crippen LogP contribution >= 0.6 is 0 Å². The highest BCUT2D eigenvalue weighted by Gasteiger charge is 2.54. The standard InChI is InChI=1S/C68H84B2O12/c1-61(2)62(3,4)80-69(79-61)59-33-29-57(30-34-59)67(77-47-73-11)41-37-65(38-42-67,75-45-71-9)55-25-21-53(22-26-55)51-17-13-49(14-18-51)50-15-19-52(20-16-50)54-23-27-56(28-24-54)66(76-46-72-10)39-43-68(44-40-66,78-48-74-12)58-31-35-60(36-32-58)70-81-63(5,6)64(7,8)82-70/h13-36H,37-48H2,1-12H3. The zero-order valence-electron chi connectivity index (χ0n) is 50.4. The Morgan fingerprint density at radius 3 is 0.634 bits per heavy atom. The molecule has 10 rings (SSSR count). The van der Waals surface area contributed by atoms with Crippen molar-refractivity contribution in [3.8, 4) is 33.4 Å². The van der Waals surface area contributed by atoms with Crippen molar-refractivity contribution in [2.24, 2.45) is 0 Å². The SMILES string of the molecule is COCOC1(c2ccc(B3OC(C)(C)C(C)(C)O3)cc2)CCC(OCOC)(c2ccc(-c3ccc(-c4ccc(-c5ccc(C6(OCOC)CCC(OCOC)(c7ccc(B8OC(C)(C)C(C)(C)O8)cc7)CC6)cc5)cc4)cc3)cc2)CC1. The van der Waals surface area contributed by atoms with Crippen molar-refractivity contribution in [3.63, 3.8) is 0 Å². The van der Waals surface area contributed by atoms with Gasteiger partial charge in [0.15, 0.2) is 0 Å². The van der Waals surface area contributed by atoms with E-state index in [1.165, 1.54) is 0 Å². The molecular formula is C68H84B2O12. The van der Waals surface area contributed by atoms with Gasteiger partial charge in [-0.05, 0) is 173 Å². The van der Waals surface area contributed by atoms with Gasteiger partial charge >= 0.3 is 14.2 Å². The van der Waals surface area contributed by atoms with Gasteiger partial charge in [0.05, 0.1) is 44.8 Å². The normalized spacial score (nSPS) is 25.6. The monoisotopic (exact) mass is 1110 g/mol. The highest BCUT2D eigenvalue weighted by molar-refractivity contribution is 6.62. The molecule has 2 saturated heterocycles. The van der Waals surface area contributed by atoms with Crippen molar-refractivity contribution in [1.82, 2.24) is 0 Å².